The Morgan fingerprint density at radius 2 is 2.24 bits per heavy atom. The molecular weight excluding hydrogens is 284 g/mol. The molecule has 17 heavy (non-hydrogen) atoms. The summed E-state index contributed by atoms with van der Waals surface area (Å²) in [5, 5.41) is 11.2. The fourth-order valence-corrected chi connectivity index (χ4v) is 1.97. The number of nitrogen functional groups attached to an aromatic ring is 1. The number of halogens is 1. The molecule has 1 aromatic heterocycles. The van der Waals surface area contributed by atoms with Crippen LogP contribution in [0.5, 0.6) is 0 Å². The third-order valence-corrected chi connectivity index (χ3v) is 2.97. The van der Waals surface area contributed by atoms with Gasteiger partial charge in [-0.05, 0) is 28.9 Å². The van der Waals surface area contributed by atoms with E-state index in [4.69, 9.17) is 5.73 Å². The minimum absolute atomic E-state index is 0.164. The second-order valence-electron chi connectivity index (χ2n) is 3.46. The number of nitrogens with two attached hydrogens (primary N) is 1. The van der Waals surface area contributed by atoms with Crippen molar-refractivity contribution < 1.29 is 4.79 Å². The monoisotopic (exact) mass is 294 g/mol. The average Bonchev–Trinajstić information content (AvgIpc) is 2.31. The van der Waals surface area contributed by atoms with Gasteiger partial charge in [-0.2, -0.15) is 0 Å². The van der Waals surface area contributed by atoms with Crippen LogP contribution >= 0.6 is 15.9 Å². The van der Waals surface area contributed by atoms with Crippen molar-refractivity contribution in [3.63, 3.8) is 0 Å². The van der Waals surface area contributed by atoms with Crippen LogP contribution in [0.15, 0.2) is 22.7 Å². The summed E-state index contributed by atoms with van der Waals surface area (Å²) in [6, 6.07) is 5.50. The molecule has 1 amide bonds. The number of benzene rings is 1. The number of carbonyl (C=O) groups is 1. The highest BCUT2D eigenvalue weighted by molar-refractivity contribution is 9.10. The topological polar surface area (TPSA) is 80.9 Å². The maximum Gasteiger partial charge on any atom is 0.273 e. The van der Waals surface area contributed by atoms with Gasteiger partial charge in [0.05, 0.1) is 5.69 Å². The fraction of sp³-hybridized carbons (Fsp3) is 0.182. The minimum Gasteiger partial charge on any atom is -0.396 e. The second-order valence-corrected chi connectivity index (χ2v) is 4.31. The minimum atomic E-state index is -0.306. The molecule has 0 saturated carbocycles. The van der Waals surface area contributed by atoms with E-state index >= 15 is 0 Å². The summed E-state index contributed by atoms with van der Waals surface area (Å²) in [5.74, 6) is -0.306. The zero-order chi connectivity index (χ0) is 12.4. The zero-order valence-electron chi connectivity index (χ0n) is 9.20. The smallest absolute Gasteiger partial charge is 0.273 e. The van der Waals surface area contributed by atoms with Crippen LogP contribution in [0.3, 0.4) is 0 Å². The van der Waals surface area contributed by atoms with Gasteiger partial charge in [-0.3, -0.25) is 4.79 Å². The van der Waals surface area contributed by atoms with Crippen LogP contribution in [0.25, 0.3) is 10.9 Å². The van der Waals surface area contributed by atoms with E-state index in [1.165, 1.54) is 0 Å². The molecule has 0 bridgehead atoms. The number of nitrogens with one attached hydrogen (secondary N) is 1. The summed E-state index contributed by atoms with van der Waals surface area (Å²) in [4.78, 5) is 11.7. The molecular formula is C11H11BrN4O. The first-order valence-corrected chi connectivity index (χ1v) is 5.93. The maximum atomic E-state index is 11.7. The zero-order valence-corrected chi connectivity index (χ0v) is 10.8. The van der Waals surface area contributed by atoms with E-state index in [-0.39, 0.29) is 11.6 Å². The predicted molar refractivity (Wildman–Crippen MR) is 69.7 cm³/mol. The lowest BCUT2D eigenvalue weighted by atomic mass is 10.1. The number of anilines is 1. The van der Waals surface area contributed by atoms with Gasteiger partial charge in [0, 0.05) is 16.4 Å². The quantitative estimate of drug-likeness (QED) is 0.884. The third-order valence-electron chi connectivity index (χ3n) is 2.33. The molecule has 1 aromatic carbocycles. The molecule has 0 aliphatic carbocycles. The molecule has 0 aliphatic heterocycles. The summed E-state index contributed by atoms with van der Waals surface area (Å²) >= 11 is 3.36. The van der Waals surface area contributed by atoms with Crippen LogP contribution in [-0.4, -0.2) is 22.6 Å². The van der Waals surface area contributed by atoms with Gasteiger partial charge < -0.3 is 11.1 Å². The van der Waals surface area contributed by atoms with Gasteiger partial charge in [0.15, 0.2) is 5.69 Å². The lowest BCUT2D eigenvalue weighted by Crippen LogP contribution is -2.25. The molecule has 0 spiro atoms. The Labute approximate surface area is 107 Å². The molecule has 0 fully saturated rings. The molecule has 0 radical (unpaired) electrons. The number of carbonyl (C=O) groups excluding carboxylic acids is 1. The predicted octanol–water partition coefficient (Wildman–Crippen LogP) is 1.72. The molecule has 3 N–H and O–H groups in total. The van der Waals surface area contributed by atoms with Crippen molar-refractivity contribution in [3.05, 3.63) is 28.4 Å². The number of rotatable bonds is 2. The van der Waals surface area contributed by atoms with Crippen molar-refractivity contribution in [2.75, 3.05) is 12.3 Å². The van der Waals surface area contributed by atoms with Crippen molar-refractivity contribution in [1.82, 2.24) is 15.5 Å². The normalized spacial score (nSPS) is 10.5. The van der Waals surface area contributed by atoms with E-state index in [0.717, 1.165) is 9.86 Å². The third kappa shape index (κ3) is 2.08. The summed E-state index contributed by atoms with van der Waals surface area (Å²) in [7, 11) is 0. The van der Waals surface area contributed by atoms with Gasteiger partial charge in [0.25, 0.3) is 5.91 Å². The Kier molecular flexibility index (Phi) is 3.23. The van der Waals surface area contributed by atoms with Crippen molar-refractivity contribution in [2.45, 2.75) is 6.92 Å². The van der Waals surface area contributed by atoms with Gasteiger partial charge in [-0.25, -0.2) is 0 Å². The number of amides is 1. The van der Waals surface area contributed by atoms with Crippen molar-refractivity contribution in [1.29, 1.82) is 0 Å². The SMILES string of the molecule is CCNC(=O)c1nnc2c(Br)cccc2c1N. The standard InChI is InChI=1S/C11H11BrN4O/c1-2-14-11(17)10-8(13)6-4-3-5-7(12)9(6)15-16-10/h3-5H,2H2,1H3,(H2,13,15)(H,14,17). The highest BCUT2D eigenvalue weighted by Gasteiger charge is 2.15. The number of hydrogen-bond acceptors (Lipinski definition) is 4. The van der Waals surface area contributed by atoms with Crippen molar-refractivity contribution in [3.8, 4) is 0 Å². The Morgan fingerprint density at radius 3 is 2.94 bits per heavy atom. The van der Waals surface area contributed by atoms with Gasteiger partial charge in [-0.1, -0.05) is 12.1 Å². The van der Waals surface area contributed by atoms with Crippen LogP contribution in [0, 0.1) is 0 Å². The van der Waals surface area contributed by atoms with E-state index < -0.39 is 0 Å². The maximum absolute atomic E-state index is 11.7. The number of aromatic nitrogens is 2. The molecule has 6 heteroatoms. The Bertz CT molecular complexity index is 585. The molecule has 0 saturated heterocycles. The summed E-state index contributed by atoms with van der Waals surface area (Å²) < 4.78 is 0.802. The molecule has 2 rings (SSSR count). The molecule has 1 heterocycles. The first-order valence-electron chi connectivity index (χ1n) is 5.13. The molecule has 0 aliphatic rings. The van der Waals surface area contributed by atoms with Gasteiger partial charge in [-0.15, -0.1) is 10.2 Å². The van der Waals surface area contributed by atoms with Crippen LogP contribution in [0.2, 0.25) is 0 Å². The Balaban J connectivity index is 2.62. The molecule has 0 atom stereocenters. The Hall–Kier alpha value is -1.69. The van der Waals surface area contributed by atoms with E-state index in [0.29, 0.717) is 17.7 Å². The van der Waals surface area contributed by atoms with Gasteiger partial charge in [0.1, 0.15) is 5.52 Å². The van der Waals surface area contributed by atoms with E-state index in [2.05, 4.69) is 31.4 Å². The fourth-order valence-electron chi connectivity index (χ4n) is 1.53. The first-order chi connectivity index (χ1) is 8.15. The highest BCUT2D eigenvalue weighted by atomic mass is 79.9. The molecule has 88 valence electrons. The average molecular weight is 295 g/mol. The summed E-state index contributed by atoms with van der Waals surface area (Å²) in [5.41, 5.74) is 7.10. The number of fused-ring (bicyclic) bond motifs is 1. The van der Waals surface area contributed by atoms with Gasteiger partial charge in [0.2, 0.25) is 0 Å². The van der Waals surface area contributed by atoms with Gasteiger partial charge >= 0.3 is 0 Å². The molecule has 0 unspecified atom stereocenters. The van der Waals surface area contributed by atoms with E-state index in [1.807, 2.05) is 25.1 Å². The molecule has 2 aromatic rings. The number of hydrogen-bond donors (Lipinski definition) is 2. The highest BCUT2D eigenvalue weighted by Crippen LogP contribution is 2.26. The lowest BCUT2D eigenvalue weighted by Gasteiger charge is -2.07. The lowest BCUT2D eigenvalue weighted by molar-refractivity contribution is 0.0951. The largest absolute Gasteiger partial charge is 0.396 e. The summed E-state index contributed by atoms with van der Waals surface area (Å²) in [6.45, 7) is 2.36. The Morgan fingerprint density at radius 1 is 1.47 bits per heavy atom. The first kappa shape index (κ1) is 11.8. The van der Waals surface area contributed by atoms with Crippen molar-refractivity contribution >= 4 is 38.4 Å². The molecule has 5 nitrogen and oxygen atoms in total. The van der Waals surface area contributed by atoms with Crippen LogP contribution in [-0.2, 0) is 0 Å². The van der Waals surface area contributed by atoms with Crippen LogP contribution < -0.4 is 11.1 Å². The van der Waals surface area contributed by atoms with E-state index in [1.54, 1.807) is 0 Å². The number of nitrogens with zero attached hydrogens (tertiary/aromatic N) is 2. The second kappa shape index (κ2) is 4.67. The van der Waals surface area contributed by atoms with E-state index in [9.17, 15) is 4.79 Å². The van der Waals surface area contributed by atoms with Crippen molar-refractivity contribution in [2.24, 2.45) is 0 Å². The summed E-state index contributed by atoms with van der Waals surface area (Å²) in [6.07, 6.45) is 0. The van der Waals surface area contributed by atoms with Crippen LogP contribution in [0.1, 0.15) is 17.4 Å². The van der Waals surface area contributed by atoms with Crippen LogP contribution in [0.4, 0.5) is 5.69 Å².